The molecule has 0 saturated carbocycles. The zero-order valence-electron chi connectivity index (χ0n) is 12.0. The average molecular weight is 280 g/mol. The van der Waals surface area contributed by atoms with Crippen LogP contribution in [0.4, 0.5) is 5.13 Å². The van der Waals surface area contributed by atoms with E-state index in [0.29, 0.717) is 5.41 Å². The van der Waals surface area contributed by atoms with Gasteiger partial charge >= 0.3 is 0 Å². The van der Waals surface area contributed by atoms with E-state index in [4.69, 9.17) is 4.98 Å². The van der Waals surface area contributed by atoms with Gasteiger partial charge in [0.1, 0.15) is 0 Å². The van der Waals surface area contributed by atoms with Crippen LogP contribution in [0, 0.1) is 5.41 Å². The van der Waals surface area contributed by atoms with Crippen LogP contribution in [0.25, 0.3) is 0 Å². The number of aryl methyl sites for hydroxylation is 1. The van der Waals surface area contributed by atoms with Crippen LogP contribution in [-0.4, -0.2) is 23.2 Å². The summed E-state index contributed by atoms with van der Waals surface area (Å²) in [5.74, 6) is 0. The lowest BCUT2D eigenvalue weighted by Gasteiger charge is -2.38. The van der Waals surface area contributed by atoms with Crippen molar-refractivity contribution in [1.82, 2.24) is 4.98 Å². The summed E-state index contributed by atoms with van der Waals surface area (Å²) in [6.45, 7) is 6.94. The second-order valence-corrected chi connectivity index (χ2v) is 7.38. The van der Waals surface area contributed by atoms with E-state index in [1.54, 1.807) is 11.3 Å². The van der Waals surface area contributed by atoms with Crippen molar-refractivity contribution in [2.75, 3.05) is 18.0 Å². The molecule has 19 heavy (non-hydrogen) atoms. The largest absolute Gasteiger partial charge is 0.388 e. The highest BCUT2D eigenvalue weighted by atomic mass is 32.1. The van der Waals surface area contributed by atoms with E-state index in [9.17, 15) is 5.11 Å². The number of aliphatic hydroxyl groups is 1. The number of anilines is 1. The van der Waals surface area contributed by atoms with E-state index < -0.39 is 0 Å². The lowest BCUT2D eigenvalue weighted by atomic mass is 9.78. The Morgan fingerprint density at radius 2 is 2.16 bits per heavy atom. The molecule has 1 unspecified atom stereocenters. The Morgan fingerprint density at radius 3 is 2.79 bits per heavy atom. The minimum Gasteiger partial charge on any atom is -0.388 e. The number of hydrogen-bond donors (Lipinski definition) is 1. The molecule has 3 nitrogen and oxygen atoms in total. The lowest BCUT2D eigenvalue weighted by Crippen LogP contribution is -2.38. The summed E-state index contributed by atoms with van der Waals surface area (Å²) in [5.41, 5.74) is 1.68. The van der Waals surface area contributed by atoms with Crippen molar-refractivity contribution in [2.45, 2.75) is 58.5 Å². The number of nitrogens with zero attached hydrogens (tertiary/aromatic N) is 2. The van der Waals surface area contributed by atoms with Crippen molar-refractivity contribution in [3.8, 4) is 0 Å². The highest BCUT2D eigenvalue weighted by Gasteiger charge is 2.31. The zero-order chi connectivity index (χ0) is 13.5. The molecule has 2 aliphatic rings. The van der Waals surface area contributed by atoms with Crippen LogP contribution in [0.5, 0.6) is 0 Å². The first-order chi connectivity index (χ1) is 9.11. The molecule has 1 aromatic rings. The Morgan fingerprint density at radius 1 is 1.42 bits per heavy atom. The van der Waals surface area contributed by atoms with Gasteiger partial charge in [0.25, 0.3) is 0 Å². The third kappa shape index (κ3) is 2.52. The number of aliphatic hydroxyl groups excluding tert-OH is 1. The topological polar surface area (TPSA) is 36.4 Å². The van der Waals surface area contributed by atoms with Crippen LogP contribution in [0.3, 0.4) is 0 Å². The second kappa shape index (κ2) is 5.06. The van der Waals surface area contributed by atoms with Crippen molar-refractivity contribution in [1.29, 1.82) is 0 Å². The van der Waals surface area contributed by atoms with Crippen LogP contribution in [0.1, 0.15) is 62.6 Å². The first kappa shape index (κ1) is 13.4. The fourth-order valence-electron chi connectivity index (χ4n) is 3.11. The van der Waals surface area contributed by atoms with Crippen molar-refractivity contribution < 1.29 is 5.11 Å². The van der Waals surface area contributed by atoms with Gasteiger partial charge in [0.05, 0.1) is 16.7 Å². The summed E-state index contributed by atoms with van der Waals surface area (Å²) in [4.78, 5) is 8.34. The summed E-state index contributed by atoms with van der Waals surface area (Å²) in [5, 5.41) is 11.2. The molecule has 0 aromatic carbocycles. The number of hydrogen-bond acceptors (Lipinski definition) is 4. The number of fused-ring (bicyclic) bond motifs is 1. The van der Waals surface area contributed by atoms with Crippen LogP contribution in [0.2, 0.25) is 0 Å². The van der Waals surface area contributed by atoms with Crippen molar-refractivity contribution in [3.05, 3.63) is 10.6 Å². The molecule has 3 rings (SSSR count). The van der Waals surface area contributed by atoms with Crippen LogP contribution in [-0.2, 0) is 6.42 Å². The van der Waals surface area contributed by atoms with E-state index in [1.807, 2.05) is 0 Å². The molecule has 1 aromatic heterocycles. The highest BCUT2D eigenvalue weighted by molar-refractivity contribution is 7.15. The Hall–Kier alpha value is -0.610. The predicted molar refractivity (Wildman–Crippen MR) is 79.9 cm³/mol. The SMILES string of the molecule is CCC1(C)CCN(c2nc3c(s2)C(O)CCC3)CC1. The number of piperidine rings is 1. The Labute approximate surface area is 119 Å². The minimum absolute atomic E-state index is 0.263. The molecule has 0 spiro atoms. The van der Waals surface area contributed by atoms with Gasteiger partial charge in [-0.15, -0.1) is 0 Å². The minimum atomic E-state index is -0.263. The normalized spacial score (nSPS) is 26.3. The summed E-state index contributed by atoms with van der Waals surface area (Å²) in [6.07, 6.45) is 6.55. The van der Waals surface area contributed by atoms with Crippen molar-refractivity contribution in [2.24, 2.45) is 5.41 Å². The molecule has 1 saturated heterocycles. The molecule has 0 amide bonds. The van der Waals surface area contributed by atoms with Gasteiger partial charge in [0.15, 0.2) is 5.13 Å². The molecule has 0 radical (unpaired) electrons. The van der Waals surface area contributed by atoms with E-state index in [2.05, 4.69) is 18.7 Å². The Kier molecular flexibility index (Phi) is 3.56. The molecule has 1 N–H and O–H groups in total. The summed E-state index contributed by atoms with van der Waals surface area (Å²) >= 11 is 1.72. The third-order valence-corrected chi connectivity index (χ3v) is 6.26. The number of thiazole rings is 1. The van der Waals surface area contributed by atoms with Gasteiger partial charge in [-0.1, -0.05) is 31.6 Å². The van der Waals surface area contributed by atoms with Gasteiger partial charge in [-0.2, -0.15) is 0 Å². The quantitative estimate of drug-likeness (QED) is 0.900. The molecule has 4 heteroatoms. The average Bonchev–Trinajstić information content (AvgIpc) is 2.85. The maximum Gasteiger partial charge on any atom is 0.185 e. The number of rotatable bonds is 2. The first-order valence-corrected chi connectivity index (χ1v) is 8.35. The van der Waals surface area contributed by atoms with Crippen LogP contribution >= 0.6 is 11.3 Å². The van der Waals surface area contributed by atoms with Gasteiger partial charge in [-0.25, -0.2) is 4.98 Å². The molecule has 0 bridgehead atoms. The fourth-order valence-corrected chi connectivity index (χ4v) is 4.29. The Bertz CT molecular complexity index is 449. The lowest BCUT2D eigenvalue weighted by molar-refractivity contribution is 0.160. The molecule has 1 fully saturated rings. The Balaban J connectivity index is 1.74. The van der Waals surface area contributed by atoms with Gasteiger partial charge in [-0.3, -0.25) is 0 Å². The second-order valence-electron chi connectivity index (χ2n) is 6.37. The molecular formula is C15H24N2OS. The van der Waals surface area contributed by atoms with E-state index in [0.717, 1.165) is 48.1 Å². The molecule has 1 aliphatic heterocycles. The first-order valence-electron chi connectivity index (χ1n) is 7.54. The monoisotopic (exact) mass is 280 g/mol. The smallest absolute Gasteiger partial charge is 0.185 e. The molecular weight excluding hydrogens is 256 g/mol. The van der Waals surface area contributed by atoms with E-state index in [-0.39, 0.29) is 6.10 Å². The van der Waals surface area contributed by atoms with E-state index in [1.165, 1.54) is 19.3 Å². The highest BCUT2D eigenvalue weighted by Crippen LogP contribution is 2.40. The van der Waals surface area contributed by atoms with Gasteiger partial charge in [0, 0.05) is 13.1 Å². The summed E-state index contributed by atoms with van der Waals surface area (Å²) in [6, 6.07) is 0. The number of aromatic nitrogens is 1. The van der Waals surface area contributed by atoms with Crippen LogP contribution < -0.4 is 4.90 Å². The predicted octanol–water partition coefficient (Wildman–Crippen LogP) is 3.53. The van der Waals surface area contributed by atoms with Gasteiger partial charge in [0.2, 0.25) is 0 Å². The maximum atomic E-state index is 10.0. The molecule has 2 heterocycles. The van der Waals surface area contributed by atoms with Gasteiger partial charge < -0.3 is 10.0 Å². The molecule has 106 valence electrons. The van der Waals surface area contributed by atoms with Crippen LogP contribution in [0.15, 0.2) is 0 Å². The zero-order valence-corrected chi connectivity index (χ0v) is 12.8. The maximum absolute atomic E-state index is 10.0. The summed E-state index contributed by atoms with van der Waals surface area (Å²) in [7, 11) is 0. The fraction of sp³-hybridized carbons (Fsp3) is 0.800. The molecule has 1 aliphatic carbocycles. The van der Waals surface area contributed by atoms with Crippen molar-refractivity contribution >= 4 is 16.5 Å². The van der Waals surface area contributed by atoms with Gasteiger partial charge in [-0.05, 0) is 37.5 Å². The van der Waals surface area contributed by atoms with E-state index >= 15 is 0 Å². The standard InChI is InChI=1S/C15H24N2OS/c1-3-15(2)7-9-17(10-8-15)14-16-11-5-4-6-12(18)13(11)19-14/h12,18H,3-10H2,1-2H3. The molecule has 1 atom stereocenters. The van der Waals surface area contributed by atoms with Crippen molar-refractivity contribution in [3.63, 3.8) is 0 Å². The third-order valence-electron chi connectivity index (χ3n) is 5.00. The summed E-state index contributed by atoms with van der Waals surface area (Å²) < 4.78 is 0.